The van der Waals surface area contributed by atoms with E-state index in [0.29, 0.717) is 23.7 Å². The number of benzene rings is 1. The van der Waals surface area contributed by atoms with Crippen LogP contribution >= 0.6 is 0 Å². The number of Topliss-reactive ketones (excluding diaryl/α,β-unsaturated/α-hetero) is 1. The van der Waals surface area contributed by atoms with Gasteiger partial charge in [0.05, 0.1) is 5.92 Å². The number of carbonyl (C=O) groups is 1. The Kier molecular flexibility index (Phi) is 3.77. The molecule has 2 aromatic rings. The SMILES string of the molecule is O=C1CCCCC1c1nc(Cc2cc(F)cc(F)c2)no1. The molecule has 1 fully saturated rings. The monoisotopic (exact) mass is 292 g/mol. The lowest BCUT2D eigenvalue weighted by Gasteiger charge is -2.16. The van der Waals surface area contributed by atoms with E-state index in [4.69, 9.17) is 4.52 Å². The first-order valence-electron chi connectivity index (χ1n) is 6.92. The lowest BCUT2D eigenvalue weighted by Crippen LogP contribution is -2.17. The topological polar surface area (TPSA) is 56.0 Å². The number of aromatic nitrogens is 2. The van der Waals surface area contributed by atoms with E-state index in [1.54, 1.807) is 0 Å². The summed E-state index contributed by atoms with van der Waals surface area (Å²) in [6, 6.07) is 3.27. The maximum atomic E-state index is 13.1. The summed E-state index contributed by atoms with van der Waals surface area (Å²) in [5.74, 6) is -0.857. The van der Waals surface area contributed by atoms with Crippen molar-refractivity contribution in [3.63, 3.8) is 0 Å². The molecule has 21 heavy (non-hydrogen) atoms. The van der Waals surface area contributed by atoms with Gasteiger partial charge in [-0.3, -0.25) is 4.79 Å². The summed E-state index contributed by atoms with van der Waals surface area (Å²) in [7, 11) is 0. The van der Waals surface area contributed by atoms with Crippen LogP contribution in [0.1, 0.15) is 48.9 Å². The molecule has 1 heterocycles. The van der Waals surface area contributed by atoms with E-state index in [-0.39, 0.29) is 18.1 Å². The van der Waals surface area contributed by atoms with E-state index >= 15 is 0 Å². The van der Waals surface area contributed by atoms with Gasteiger partial charge in [-0.05, 0) is 30.5 Å². The van der Waals surface area contributed by atoms with Crippen molar-refractivity contribution >= 4 is 5.78 Å². The Morgan fingerprint density at radius 3 is 2.67 bits per heavy atom. The van der Waals surface area contributed by atoms with Gasteiger partial charge in [-0.15, -0.1) is 0 Å². The van der Waals surface area contributed by atoms with Crippen LogP contribution in [0.4, 0.5) is 8.78 Å². The first kappa shape index (κ1) is 13.9. The van der Waals surface area contributed by atoms with E-state index < -0.39 is 11.6 Å². The highest BCUT2D eigenvalue weighted by Gasteiger charge is 2.28. The average molecular weight is 292 g/mol. The Bertz CT molecular complexity index is 649. The van der Waals surface area contributed by atoms with Crippen LogP contribution in [0.3, 0.4) is 0 Å². The van der Waals surface area contributed by atoms with Gasteiger partial charge in [0.25, 0.3) is 0 Å². The molecule has 0 spiro atoms. The fourth-order valence-electron chi connectivity index (χ4n) is 2.62. The van der Waals surface area contributed by atoms with Crippen LogP contribution in [0.25, 0.3) is 0 Å². The Morgan fingerprint density at radius 2 is 1.95 bits per heavy atom. The Hall–Kier alpha value is -2.11. The quantitative estimate of drug-likeness (QED) is 0.872. The second kappa shape index (κ2) is 5.71. The Labute approximate surface area is 120 Å². The summed E-state index contributed by atoms with van der Waals surface area (Å²) >= 11 is 0. The van der Waals surface area contributed by atoms with E-state index in [0.717, 1.165) is 25.3 Å². The molecule has 1 aromatic heterocycles. The summed E-state index contributed by atoms with van der Waals surface area (Å²) in [6.07, 6.45) is 3.29. The molecule has 0 aliphatic heterocycles. The van der Waals surface area contributed by atoms with Gasteiger partial charge < -0.3 is 4.52 Å². The minimum atomic E-state index is -0.642. The molecule has 3 rings (SSSR count). The van der Waals surface area contributed by atoms with Crippen LogP contribution in [0.2, 0.25) is 0 Å². The summed E-state index contributed by atoms with van der Waals surface area (Å²) in [5, 5.41) is 3.80. The van der Waals surface area contributed by atoms with Gasteiger partial charge in [0.15, 0.2) is 5.82 Å². The second-order valence-electron chi connectivity index (χ2n) is 5.27. The zero-order chi connectivity index (χ0) is 14.8. The molecule has 1 unspecified atom stereocenters. The third kappa shape index (κ3) is 3.15. The van der Waals surface area contributed by atoms with E-state index in [2.05, 4.69) is 10.1 Å². The molecule has 1 aliphatic rings. The number of rotatable bonds is 3. The molecule has 1 saturated carbocycles. The Morgan fingerprint density at radius 1 is 1.19 bits per heavy atom. The summed E-state index contributed by atoms with van der Waals surface area (Å²) in [4.78, 5) is 16.0. The minimum Gasteiger partial charge on any atom is -0.339 e. The summed E-state index contributed by atoms with van der Waals surface area (Å²) < 4.78 is 31.4. The molecular formula is C15H14F2N2O2. The van der Waals surface area contributed by atoms with Gasteiger partial charge in [-0.1, -0.05) is 11.6 Å². The first-order valence-corrected chi connectivity index (χ1v) is 6.92. The van der Waals surface area contributed by atoms with Crippen LogP contribution in [-0.2, 0) is 11.2 Å². The molecule has 4 nitrogen and oxygen atoms in total. The van der Waals surface area contributed by atoms with Gasteiger partial charge in [0.2, 0.25) is 5.89 Å². The van der Waals surface area contributed by atoms with Crippen molar-refractivity contribution in [1.82, 2.24) is 10.1 Å². The number of carbonyl (C=O) groups excluding carboxylic acids is 1. The standard InChI is InChI=1S/C15H14F2N2O2/c16-10-5-9(6-11(17)8-10)7-14-18-15(21-19-14)12-3-1-2-4-13(12)20/h5-6,8,12H,1-4,7H2. The zero-order valence-corrected chi connectivity index (χ0v) is 11.3. The van der Waals surface area contributed by atoms with Crippen LogP contribution in [0, 0.1) is 11.6 Å². The highest BCUT2D eigenvalue weighted by Crippen LogP contribution is 2.29. The van der Waals surface area contributed by atoms with E-state index in [1.807, 2.05) is 0 Å². The number of hydrogen-bond donors (Lipinski definition) is 0. The van der Waals surface area contributed by atoms with Crippen LogP contribution < -0.4 is 0 Å². The molecule has 110 valence electrons. The van der Waals surface area contributed by atoms with Gasteiger partial charge in [-0.25, -0.2) is 8.78 Å². The first-order chi connectivity index (χ1) is 10.1. The lowest BCUT2D eigenvalue weighted by atomic mass is 9.88. The van der Waals surface area contributed by atoms with Crippen molar-refractivity contribution in [2.45, 2.75) is 38.0 Å². The van der Waals surface area contributed by atoms with E-state index in [1.165, 1.54) is 12.1 Å². The third-order valence-corrected chi connectivity index (χ3v) is 3.62. The lowest BCUT2D eigenvalue weighted by molar-refractivity contribution is -0.122. The molecule has 0 radical (unpaired) electrons. The molecule has 1 aliphatic carbocycles. The van der Waals surface area contributed by atoms with Crippen molar-refractivity contribution < 1.29 is 18.1 Å². The number of ketones is 1. The van der Waals surface area contributed by atoms with Gasteiger partial charge in [0.1, 0.15) is 17.4 Å². The predicted octanol–water partition coefficient (Wildman–Crippen LogP) is 3.17. The Balaban J connectivity index is 1.77. The molecule has 0 bridgehead atoms. The van der Waals surface area contributed by atoms with Crippen LogP contribution in [0.15, 0.2) is 22.7 Å². The summed E-state index contributed by atoms with van der Waals surface area (Å²) in [6.45, 7) is 0. The number of nitrogens with zero attached hydrogens (tertiary/aromatic N) is 2. The molecule has 1 atom stereocenters. The van der Waals surface area contributed by atoms with E-state index in [9.17, 15) is 13.6 Å². The fraction of sp³-hybridized carbons (Fsp3) is 0.400. The summed E-state index contributed by atoms with van der Waals surface area (Å²) in [5.41, 5.74) is 0.426. The minimum absolute atomic E-state index is 0.119. The smallest absolute Gasteiger partial charge is 0.237 e. The van der Waals surface area contributed by atoms with Crippen molar-refractivity contribution in [3.8, 4) is 0 Å². The molecule has 1 aromatic carbocycles. The fourth-order valence-corrected chi connectivity index (χ4v) is 2.62. The normalized spacial score (nSPS) is 19.0. The van der Waals surface area contributed by atoms with Gasteiger partial charge >= 0.3 is 0 Å². The maximum Gasteiger partial charge on any atom is 0.237 e. The zero-order valence-electron chi connectivity index (χ0n) is 11.3. The van der Waals surface area contributed by atoms with Crippen LogP contribution in [0.5, 0.6) is 0 Å². The van der Waals surface area contributed by atoms with Crippen LogP contribution in [-0.4, -0.2) is 15.9 Å². The van der Waals surface area contributed by atoms with Crippen molar-refractivity contribution in [1.29, 1.82) is 0 Å². The largest absolute Gasteiger partial charge is 0.339 e. The molecule has 0 saturated heterocycles. The number of halogens is 2. The second-order valence-corrected chi connectivity index (χ2v) is 5.27. The van der Waals surface area contributed by atoms with Crippen molar-refractivity contribution in [2.24, 2.45) is 0 Å². The predicted molar refractivity (Wildman–Crippen MR) is 69.7 cm³/mol. The highest BCUT2D eigenvalue weighted by molar-refractivity contribution is 5.85. The molecule has 0 amide bonds. The third-order valence-electron chi connectivity index (χ3n) is 3.62. The maximum absolute atomic E-state index is 13.1. The van der Waals surface area contributed by atoms with Crippen molar-refractivity contribution in [3.05, 3.63) is 47.1 Å². The highest BCUT2D eigenvalue weighted by atomic mass is 19.1. The molecule has 6 heteroatoms. The number of hydrogen-bond acceptors (Lipinski definition) is 4. The average Bonchev–Trinajstić information content (AvgIpc) is 2.86. The molecular weight excluding hydrogens is 278 g/mol. The van der Waals surface area contributed by atoms with Gasteiger partial charge in [0, 0.05) is 18.9 Å². The molecule has 0 N–H and O–H groups in total. The van der Waals surface area contributed by atoms with Gasteiger partial charge in [-0.2, -0.15) is 4.98 Å². The van der Waals surface area contributed by atoms with Crippen molar-refractivity contribution in [2.75, 3.05) is 0 Å².